The zero-order valence-corrected chi connectivity index (χ0v) is 21.1. The lowest BCUT2D eigenvalue weighted by atomic mass is 10.3. The molecule has 0 heterocycles. The molecule has 5 rings (SSSR count). The van der Waals surface area contributed by atoms with Gasteiger partial charge in [0.25, 0.3) is 0 Å². The van der Waals surface area contributed by atoms with E-state index in [1.807, 2.05) is 84.9 Å². The van der Waals surface area contributed by atoms with Crippen LogP contribution in [0, 0.1) is 0 Å². The highest BCUT2D eigenvalue weighted by molar-refractivity contribution is 7.93. The molecule has 4 heteroatoms. The van der Waals surface area contributed by atoms with Gasteiger partial charge in [-0.05, 0) is 35.7 Å². The zero-order valence-electron chi connectivity index (χ0n) is 19.2. The van der Waals surface area contributed by atoms with Crippen LogP contribution in [0.2, 0.25) is 0 Å². The van der Waals surface area contributed by atoms with Gasteiger partial charge < -0.3 is 9.30 Å². The summed E-state index contributed by atoms with van der Waals surface area (Å²) in [5.74, 6) is 1.35. The average Bonchev–Trinajstić information content (AvgIpc) is 2.94. The number of benzene rings is 5. The average molecular weight is 492 g/mol. The fourth-order valence-corrected chi connectivity index (χ4v) is 8.72. The van der Waals surface area contributed by atoms with Gasteiger partial charge in [0, 0.05) is 10.6 Å². The zero-order chi connectivity index (χ0) is 24.1. The van der Waals surface area contributed by atoms with Crippen LogP contribution >= 0.6 is 14.7 Å². The Labute approximate surface area is 207 Å². The van der Waals surface area contributed by atoms with Gasteiger partial charge >= 0.3 is 0 Å². The van der Waals surface area contributed by atoms with Crippen molar-refractivity contribution in [2.45, 2.75) is 0 Å². The predicted molar refractivity (Wildman–Crippen MR) is 153 cm³/mol. The van der Waals surface area contributed by atoms with Crippen LogP contribution < -0.4 is 31.3 Å². The second-order valence-electron chi connectivity index (χ2n) is 8.24. The van der Waals surface area contributed by atoms with E-state index < -0.39 is 14.7 Å². The summed E-state index contributed by atoms with van der Waals surface area (Å²) in [4.78, 5) is 0. The van der Waals surface area contributed by atoms with Crippen LogP contribution in [-0.4, -0.2) is 6.30 Å². The first kappa shape index (κ1) is 23.2. The summed E-state index contributed by atoms with van der Waals surface area (Å²) in [6.07, 6.45) is 4.86. The van der Waals surface area contributed by atoms with E-state index in [1.165, 1.54) is 10.6 Å². The Bertz CT molecular complexity index is 1450. The molecule has 0 saturated carbocycles. The van der Waals surface area contributed by atoms with Crippen molar-refractivity contribution in [3.63, 3.8) is 0 Å². The van der Waals surface area contributed by atoms with Gasteiger partial charge in [0.1, 0.15) is 19.3 Å². The van der Waals surface area contributed by atoms with E-state index in [0.29, 0.717) is 11.1 Å². The van der Waals surface area contributed by atoms with E-state index >= 15 is 0 Å². The third kappa shape index (κ3) is 4.69. The normalized spacial score (nSPS) is 12.1. The molecule has 0 spiro atoms. The van der Waals surface area contributed by atoms with Crippen molar-refractivity contribution in [1.82, 2.24) is 0 Å². The summed E-state index contributed by atoms with van der Waals surface area (Å²) < 4.78 is 20.1. The molecule has 0 aromatic heterocycles. The van der Waals surface area contributed by atoms with Gasteiger partial charge in [-0.3, -0.25) is 0 Å². The highest BCUT2D eigenvalue weighted by Gasteiger charge is 2.26. The standard InChI is InChI=1S/C31H26O2P2/c1-35(26-17-7-3-8-18-26,27-19-9-4-10-20-27)31-24-14-12-22-29(31)33-28-21-11-13-23-30(28)34(32)25-15-5-2-6-16-25/h2-24,34H,1H2. The molecule has 35 heavy (non-hydrogen) atoms. The maximum Gasteiger partial charge on any atom is 0.138 e. The minimum absolute atomic E-state index is 0.611. The van der Waals surface area contributed by atoms with Crippen molar-refractivity contribution >= 4 is 47.5 Å². The van der Waals surface area contributed by atoms with Crippen molar-refractivity contribution in [1.29, 1.82) is 0 Å². The van der Waals surface area contributed by atoms with Gasteiger partial charge in [-0.25, -0.2) is 0 Å². The molecule has 0 saturated heterocycles. The minimum Gasteiger partial charge on any atom is -0.456 e. The molecule has 0 aliphatic rings. The molecule has 0 aliphatic carbocycles. The molecule has 2 nitrogen and oxygen atoms in total. The Morgan fingerprint density at radius 3 is 1.60 bits per heavy atom. The number of para-hydroxylation sites is 2. The Morgan fingerprint density at radius 2 is 1.00 bits per heavy atom. The molecular formula is C31H26O2P2. The summed E-state index contributed by atoms with van der Waals surface area (Å²) in [6.45, 7) is -2.24. The van der Waals surface area contributed by atoms with Crippen LogP contribution in [0.4, 0.5) is 0 Å². The van der Waals surface area contributed by atoms with Gasteiger partial charge in [0.05, 0.1) is 5.30 Å². The van der Waals surface area contributed by atoms with Gasteiger partial charge in [-0.1, -0.05) is 128 Å². The first-order chi connectivity index (χ1) is 17.2. The molecule has 0 bridgehead atoms. The van der Waals surface area contributed by atoms with E-state index in [0.717, 1.165) is 16.4 Å². The third-order valence-corrected chi connectivity index (χ3v) is 11.4. The van der Waals surface area contributed by atoms with Gasteiger partial charge in [-0.2, -0.15) is 0 Å². The summed E-state index contributed by atoms with van der Waals surface area (Å²) in [6, 6.07) is 46.2. The third-order valence-electron chi connectivity index (χ3n) is 6.06. The lowest BCUT2D eigenvalue weighted by Crippen LogP contribution is -2.26. The van der Waals surface area contributed by atoms with E-state index in [4.69, 9.17) is 11.0 Å². The first-order valence-corrected chi connectivity index (χ1v) is 14.9. The minimum atomic E-state index is -2.24. The largest absolute Gasteiger partial charge is 0.456 e. The number of hydrogen-bond donors (Lipinski definition) is 0. The Balaban J connectivity index is 1.63. The number of rotatable bonds is 7. The van der Waals surface area contributed by atoms with Gasteiger partial charge in [0.2, 0.25) is 0 Å². The summed E-state index contributed by atoms with van der Waals surface area (Å²) in [5.41, 5.74) is 0. The fourth-order valence-electron chi connectivity index (χ4n) is 4.26. The maximum atomic E-state index is 13.5. The van der Waals surface area contributed by atoms with Crippen molar-refractivity contribution in [2.24, 2.45) is 0 Å². The lowest BCUT2D eigenvalue weighted by Gasteiger charge is -2.28. The molecule has 0 N–H and O–H groups in total. The second-order valence-corrected chi connectivity index (χ2v) is 13.2. The maximum absolute atomic E-state index is 13.5. The SMILES string of the molecule is C=P(c1ccccc1)(c1ccccc1)c1ccccc1Oc1ccccc1[PH](=O)c1ccccc1. The Morgan fingerprint density at radius 1 is 0.543 bits per heavy atom. The monoisotopic (exact) mass is 492 g/mol. The highest BCUT2D eigenvalue weighted by atomic mass is 31.2. The predicted octanol–water partition coefficient (Wildman–Crippen LogP) is 5.72. The second kappa shape index (κ2) is 10.4. The van der Waals surface area contributed by atoms with E-state index in [1.54, 1.807) is 0 Å². The lowest BCUT2D eigenvalue weighted by molar-refractivity contribution is 0.490. The molecule has 172 valence electrons. The van der Waals surface area contributed by atoms with Crippen molar-refractivity contribution in [3.8, 4) is 11.5 Å². The quantitative estimate of drug-likeness (QED) is 0.272. The molecular weight excluding hydrogens is 466 g/mol. The molecule has 5 aromatic carbocycles. The summed E-state index contributed by atoms with van der Waals surface area (Å²) >= 11 is 0. The topological polar surface area (TPSA) is 26.3 Å². The van der Waals surface area contributed by atoms with Crippen LogP contribution in [0.3, 0.4) is 0 Å². The van der Waals surface area contributed by atoms with Crippen molar-refractivity contribution < 1.29 is 9.30 Å². The van der Waals surface area contributed by atoms with Crippen LogP contribution in [-0.2, 0) is 4.57 Å². The van der Waals surface area contributed by atoms with Gasteiger partial charge in [-0.15, -0.1) is 0 Å². The van der Waals surface area contributed by atoms with Crippen molar-refractivity contribution in [3.05, 3.63) is 140 Å². The van der Waals surface area contributed by atoms with Crippen LogP contribution in [0.5, 0.6) is 11.5 Å². The first-order valence-electron chi connectivity index (χ1n) is 11.5. The molecule has 1 unspecified atom stereocenters. The number of ether oxygens (including phenoxy) is 1. The summed E-state index contributed by atoms with van der Waals surface area (Å²) in [7, 11) is -2.23. The summed E-state index contributed by atoms with van der Waals surface area (Å²) in [5, 5.41) is 4.92. The van der Waals surface area contributed by atoms with Gasteiger partial charge in [0.15, 0.2) is 0 Å². The molecule has 0 amide bonds. The fraction of sp³-hybridized carbons (Fsp3) is 0. The molecule has 0 aliphatic heterocycles. The molecule has 5 aromatic rings. The molecule has 1 atom stereocenters. The van der Waals surface area contributed by atoms with E-state index in [2.05, 4.69) is 54.6 Å². The van der Waals surface area contributed by atoms with Crippen LogP contribution in [0.15, 0.2) is 140 Å². The molecule has 0 fully saturated rings. The molecule has 0 radical (unpaired) electrons. The smallest absolute Gasteiger partial charge is 0.138 e. The van der Waals surface area contributed by atoms with E-state index in [-0.39, 0.29) is 0 Å². The van der Waals surface area contributed by atoms with Crippen LogP contribution in [0.25, 0.3) is 0 Å². The highest BCUT2D eigenvalue weighted by Crippen LogP contribution is 2.45. The van der Waals surface area contributed by atoms with Crippen LogP contribution in [0.1, 0.15) is 0 Å². The van der Waals surface area contributed by atoms with Crippen molar-refractivity contribution in [2.75, 3.05) is 0 Å². The number of hydrogen-bond acceptors (Lipinski definition) is 2. The van der Waals surface area contributed by atoms with E-state index in [9.17, 15) is 4.57 Å². The Kier molecular flexibility index (Phi) is 6.87. The Hall–Kier alpha value is -3.57.